The maximum atomic E-state index is 3.68. The molecule has 1 aliphatic rings. The fraction of sp³-hybridized carbons (Fsp3) is 1.00. The molecule has 1 saturated heterocycles. The van der Waals surface area contributed by atoms with E-state index in [0.29, 0.717) is 0 Å². The van der Waals surface area contributed by atoms with Crippen LogP contribution in [-0.4, -0.2) is 48.6 Å². The van der Waals surface area contributed by atoms with Gasteiger partial charge in [-0.2, -0.15) is 11.8 Å². The van der Waals surface area contributed by atoms with Crippen LogP contribution in [0.1, 0.15) is 58.8 Å². The van der Waals surface area contributed by atoms with Gasteiger partial charge in [0.15, 0.2) is 0 Å². The second-order valence-electron chi connectivity index (χ2n) is 5.97. The van der Waals surface area contributed by atoms with E-state index in [4.69, 9.17) is 0 Å². The molecule has 114 valence electrons. The molecule has 0 spiro atoms. The first kappa shape index (κ1) is 17.3. The van der Waals surface area contributed by atoms with Crippen LogP contribution >= 0.6 is 11.8 Å². The van der Waals surface area contributed by atoms with Gasteiger partial charge in [0.2, 0.25) is 0 Å². The monoisotopic (exact) mass is 286 g/mol. The Bertz CT molecular complexity index is 211. The molecule has 0 aromatic heterocycles. The Balaban J connectivity index is 2.05. The molecule has 0 aliphatic carbocycles. The normalized spacial score (nSPS) is 24.8. The average Bonchev–Trinajstić information content (AvgIpc) is 2.42. The minimum absolute atomic E-state index is 0.771. The van der Waals surface area contributed by atoms with Crippen molar-refractivity contribution in [3.63, 3.8) is 0 Å². The van der Waals surface area contributed by atoms with Crippen molar-refractivity contribution in [2.24, 2.45) is 0 Å². The Morgan fingerprint density at radius 1 is 1.21 bits per heavy atom. The van der Waals surface area contributed by atoms with Gasteiger partial charge in [0.05, 0.1) is 0 Å². The van der Waals surface area contributed by atoms with Crippen molar-refractivity contribution in [1.29, 1.82) is 0 Å². The molecule has 0 saturated carbocycles. The van der Waals surface area contributed by atoms with Crippen molar-refractivity contribution in [3.8, 4) is 0 Å². The number of hydrogen-bond acceptors (Lipinski definition) is 3. The molecule has 1 heterocycles. The Morgan fingerprint density at radius 2 is 2.00 bits per heavy atom. The molecule has 0 bridgehead atoms. The molecule has 0 aromatic rings. The smallest absolute Gasteiger partial charge is 0.00940 e. The predicted molar refractivity (Wildman–Crippen MR) is 89.2 cm³/mol. The molecule has 2 unspecified atom stereocenters. The molecule has 19 heavy (non-hydrogen) atoms. The Labute approximate surface area is 125 Å². The summed E-state index contributed by atoms with van der Waals surface area (Å²) in [6, 6.07) is 1.54. The van der Waals surface area contributed by atoms with Crippen molar-refractivity contribution in [3.05, 3.63) is 0 Å². The lowest BCUT2D eigenvalue weighted by atomic mass is 9.97. The van der Waals surface area contributed by atoms with Crippen molar-refractivity contribution < 1.29 is 0 Å². The largest absolute Gasteiger partial charge is 0.314 e. The maximum absolute atomic E-state index is 3.68. The van der Waals surface area contributed by atoms with Gasteiger partial charge in [-0.3, -0.25) is 0 Å². The van der Waals surface area contributed by atoms with Gasteiger partial charge in [-0.25, -0.2) is 0 Å². The van der Waals surface area contributed by atoms with Crippen LogP contribution in [-0.2, 0) is 0 Å². The molecule has 1 N–H and O–H groups in total. The summed E-state index contributed by atoms with van der Waals surface area (Å²) in [4.78, 5) is 2.71. The van der Waals surface area contributed by atoms with Gasteiger partial charge in [0.25, 0.3) is 0 Å². The van der Waals surface area contributed by atoms with E-state index in [-0.39, 0.29) is 0 Å². The number of thioether (sulfide) groups is 1. The van der Waals surface area contributed by atoms with E-state index >= 15 is 0 Å². The van der Waals surface area contributed by atoms with Crippen molar-refractivity contribution >= 4 is 11.8 Å². The van der Waals surface area contributed by atoms with Crippen LogP contribution in [0.25, 0.3) is 0 Å². The highest BCUT2D eigenvalue weighted by atomic mass is 32.2. The summed E-state index contributed by atoms with van der Waals surface area (Å²) >= 11 is 1.98. The van der Waals surface area contributed by atoms with E-state index in [1.807, 2.05) is 11.8 Å². The third-order valence-electron chi connectivity index (χ3n) is 4.24. The third-order valence-corrected chi connectivity index (χ3v) is 4.94. The van der Waals surface area contributed by atoms with Crippen molar-refractivity contribution in [2.45, 2.75) is 70.9 Å². The van der Waals surface area contributed by atoms with Crippen LogP contribution in [0.2, 0.25) is 0 Å². The van der Waals surface area contributed by atoms with E-state index in [1.165, 1.54) is 70.3 Å². The van der Waals surface area contributed by atoms with Crippen LogP contribution in [0.5, 0.6) is 0 Å². The summed E-state index contributed by atoms with van der Waals surface area (Å²) in [6.45, 7) is 8.47. The van der Waals surface area contributed by atoms with E-state index in [1.54, 1.807) is 0 Å². The highest BCUT2D eigenvalue weighted by molar-refractivity contribution is 7.98. The zero-order valence-electron chi connectivity index (χ0n) is 13.3. The quantitative estimate of drug-likeness (QED) is 0.616. The molecular weight excluding hydrogens is 252 g/mol. The van der Waals surface area contributed by atoms with Gasteiger partial charge < -0.3 is 10.2 Å². The SMILES string of the molecule is CCCNC1CCN(CCCCCCSC)C(C)C1. The lowest BCUT2D eigenvalue weighted by Crippen LogP contribution is -2.47. The number of rotatable bonds is 10. The molecule has 1 aliphatic heterocycles. The topological polar surface area (TPSA) is 15.3 Å². The first-order valence-electron chi connectivity index (χ1n) is 8.24. The third kappa shape index (κ3) is 7.57. The molecule has 2 atom stereocenters. The van der Waals surface area contributed by atoms with Gasteiger partial charge in [-0.05, 0) is 70.7 Å². The van der Waals surface area contributed by atoms with Crippen LogP contribution < -0.4 is 5.32 Å². The first-order valence-corrected chi connectivity index (χ1v) is 9.63. The summed E-state index contributed by atoms with van der Waals surface area (Å²) in [7, 11) is 0. The number of nitrogens with one attached hydrogen (secondary N) is 1. The molecule has 0 radical (unpaired) electrons. The number of likely N-dealkylation sites (tertiary alicyclic amines) is 1. The zero-order chi connectivity index (χ0) is 13.9. The molecule has 1 rings (SSSR count). The van der Waals surface area contributed by atoms with Crippen LogP contribution in [0, 0.1) is 0 Å². The highest BCUT2D eigenvalue weighted by Gasteiger charge is 2.24. The van der Waals surface area contributed by atoms with Gasteiger partial charge in [-0.15, -0.1) is 0 Å². The molecular formula is C16H34N2S. The lowest BCUT2D eigenvalue weighted by molar-refractivity contribution is 0.134. The second-order valence-corrected chi connectivity index (χ2v) is 6.95. The number of nitrogens with zero attached hydrogens (tertiary/aromatic N) is 1. The lowest BCUT2D eigenvalue weighted by Gasteiger charge is -2.38. The first-order chi connectivity index (χ1) is 9.27. The van der Waals surface area contributed by atoms with Gasteiger partial charge in [0.1, 0.15) is 0 Å². The number of unbranched alkanes of at least 4 members (excludes halogenated alkanes) is 3. The number of hydrogen-bond donors (Lipinski definition) is 1. The fourth-order valence-corrected chi connectivity index (χ4v) is 3.49. The maximum Gasteiger partial charge on any atom is 0.00940 e. The van der Waals surface area contributed by atoms with Crippen LogP contribution in [0.15, 0.2) is 0 Å². The van der Waals surface area contributed by atoms with Crippen LogP contribution in [0.4, 0.5) is 0 Å². The summed E-state index contributed by atoms with van der Waals surface area (Å²) in [5.74, 6) is 1.34. The second kappa shape index (κ2) is 11.0. The Morgan fingerprint density at radius 3 is 2.68 bits per heavy atom. The molecule has 1 fully saturated rings. The molecule has 0 aromatic carbocycles. The van der Waals surface area contributed by atoms with E-state index in [0.717, 1.165) is 12.1 Å². The zero-order valence-corrected chi connectivity index (χ0v) is 14.1. The predicted octanol–water partition coefficient (Wildman–Crippen LogP) is 3.76. The standard InChI is InChI=1S/C16H34N2S/c1-4-10-17-16-9-12-18(15(2)14-16)11-7-5-6-8-13-19-3/h15-17H,4-14H2,1-3H3. The Hall–Kier alpha value is 0.270. The fourth-order valence-electron chi connectivity index (χ4n) is 3.00. The minimum Gasteiger partial charge on any atom is -0.314 e. The van der Waals surface area contributed by atoms with Crippen LogP contribution in [0.3, 0.4) is 0 Å². The number of piperidine rings is 1. The molecule has 2 nitrogen and oxygen atoms in total. The summed E-state index contributed by atoms with van der Waals surface area (Å²) in [6.07, 6.45) is 11.8. The summed E-state index contributed by atoms with van der Waals surface area (Å²) < 4.78 is 0. The van der Waals surface area contributed by atoms with Crippen molar-refractivity contribution in [2.75, 3.05) is 31.6 Å². The highest BCUT2D eigenvalue weighted by Crippen LogP contribution is 2.18. The molecule has 3 heteroatoms. The molecule has 0 amide bonds. The van der Waals surface area contributed by atoms with Gasteiger partial charge in [-0.1, -0.05) is 19.8 Å². The van der Waals surface area contributed by atoms with Gasteiger partial charge >= 0.3 is 0 Å². The summed E-state index contributed by atoms with van der Waals surface area (Å²) in [5, 5.41) is 3.68. The van der Waals surface area contributed by atoms with E-state index < -0.39 is 0 Å². The summed E-state index contributed by atoms with van der Waals surface area (Å²) in [5.41, 5.74) is 0. The van der Waals surface area contributed by atoms with E-state index in [2.05, 4.69) is 30.3 Å². The Kier molecular flexibility index (Phi) is 10.0. The average molecular weight is 287 g/mol. The minimum atomic E-state index is 0.771. The van der Waals surface area contributed by atoms with Crippen molar-refractivity contribution in [1.82, 2.24) is 10.2 Å². The van der Waals surface area contributed by atoms with E-state index in [9.17, 15) is 0 Å². The van der Waals surface area contributed by atoms with Gasteiger partial charge in [0, 0.05) is 12.1 Å².